The van der Waals surface area contributed by atoms with Gasteiger partial charge in [-0.1, -0.05) is 12.1 Å². The molecule has 3 heterocycles. The number of aliphatic hydroxyl groups is 1. The summed E-state index contributed by atoms with van der Waals surface area (Å²) in [6.07, 6.45) is -2.30. The van der Waals surface area contributed by atoms with Crippen molar-refractivity contribution in [2.45, 2.75) is 68.3 Å². The van der Waals surface area contributed by atoms with E-state index in [9.17, 15) is 27.5 Å². The first-order chi connectivity index (χ1) is 13.2. The summed E-state index contributed by atoms with van der Waals surface area (Å²) >= 11 is 0. The van der Waals surface area contributed by atoms with Crippen LogP contribution >= 0.6 is 0 Å². The molecule has 1 aromatic rings. The molecule has 1 aromatic carbocycles. The summed E-state index contributed by atoms with van der Waals surface area (Å²) in [5.41, 5.74) is -1.63. The lowest BCUT2D eigenvalue weighted by molar-refractivity contribution is -0.271. The van der Waals surface area contributed by atoms with Crippen molar-refractivity contribution in [2.75, 3.05) is 13.1 Å². The molecule has 0 aliphatic carbocycles. The maximum absolute atomic E-state index is 13.2. The van der Waals surface area contributed by atoms with E-state index in [1.807, 2.05) is 4.90 Å². The van der Waals surface area contributed by atoms with Crippen molar-refractivity contribution in [3.05, 3.63) is 35.6 Å². The van der Waals surface area contributed by atoms with Gasteiger partial charge >= 0.3 is 12.2 Å². The van der Waals surface area contributed by atoms with Crippen LogP contribution in [0.25, 0.3) is 0 Å². The first-order valence-electron chi connectivity index (χ1n) is 9.80. The third kappa shape index (κ3) is 3.36. The van der Waals surface area contributed by atoms with Crippen LogP contribution in [0.4, 0.5) is 22.4 Å². The molecule has 0 spiro atoms. The normalized spacial score (nSPS) is 29.8. The Balaban J connectivity index is 1.41. The van der Waals surface area contributed by atoms with Gasteiger partial charge in [0, 0.05) is 38.0 Å². The number of halogens is 4. The van der Waals surface area contributed by atoms with E-state index < -0.39 is 24.6 Å². The molecule has 3 saturated heterocycles. The zero-order chi connectivity index (χ0) is 20.1. The van der Waals surface area contributed by atoms with Gasteiger partial charge in [-0.3, -0.25) is 0 Å². The number of urea groups is 1. The molecular weight excluding hydrogens is 376 g/mol. The molecule has 0 saturated carbocycles. The highest BCUT2D eigenvalue weighted by Crippen LogP contribution is 2.44. The second-order valence-corrected chi connectivity index (χ2v) is 8.31. The number of nitrogens with zero attached hydrogens (tertiary/aromatic N) is 2. The number of amides is 2. The lowest BCUT2D eigenvalue weighted by Gasteiger charge is -2.44. The molecule has 4 rings (SSSR count). The highest BCUT2D eigenvalue weighted by atomic mass is 19.4. The predicted molar refractivity (Wildman–Crippen MR) is 94.2 cm³/mol. The van der Waals surface area contributed by atoms with E-state index in [4.69, 9.17) is 0 Å². The Labute approximate surface area is 161 Å². The van der Waals surface area contributed by atoms with Gasteiger partial charge in [0.15, 0.2) is 5.60 Å². The predicted octanol–water partition coefficient (Wildman–Crippen LogP) is 4.05. The number of rotatable bonds is 1. The fourth-order valence-electron chi connectivity index (χ4n) is 5.01. The van der Waals surface area contributed by atoms with Crippen LogP contribution in [-0.2, 0) is 0 Å². The molecule has 1 N–H and O–H groups in total. The highest BCUT2D eigenvalue weighted by Gasteiger charge is 2.55. The minimum atomic E-state index is -4.67. The molecule has 3 fully saturated rings. The van der Waals surface area contributed by atoms with Crippen LogP contribution in [-0.4, -0.2) is 57.9 Å². The Bertz CT molecular complexity index is 715. The zero-order valence-corrected chi connectivity index (χ0v) is 15.5. The van der Waals surface area contributed by atoms with Crippen molar-refractivity contribution in [3.8, 4) is 0 Å². The van der Waals surface area contributed by atoms with Crippen molar-refractivity contribution < 1.29 is 27.5 Å². The van der Waals surface area contributed by atoms with E-state index in [0.717, 1.165) is 31.2 Å². The Morgan fingerprint density at radius 2 is 1.57 bits per heavy atom. The summed E-state index contributed by atoms with van der Waals surface area (Å²) in [5.74, 6) is -0.0120. The summed E-state index contributed by atoms with van der Waals surface area (Å²) in [6, 6.07) is 6.39. The van der Waals surface area contributed by atoms with Crippen molar-refractivity contribution in [3.63, 3.8) is 0 Å². The third-order valence-electron chi connectivity index (χ3n) is 6.68. The molecule has 2 bridgehead atoms. The van der Waals surface area contributed by atoms with Crippen LogP contribution in [0.1, 0.15) is 50.0 Å². The van der Waals surface area contributed by atoms with Gasteiger partial charge in [-0.05, 0) is 49.3 Å². The fraction of sp³-hybridized carbons (Fsp3) is 0.650. The lowest BCUT2D eigenvalue weighted by Crippen LogP contribution is -2.58. The molecule has 0 aromatic heterocycles. The standard InChI is InChI=1S/C20H24F4N2O2/c21-15-3-1-13(2-4-15)14-11-16-5-6-17(12-14)26(16)18(27)25-9-7-19(28,8-10-25)20(22,23)24/h1-4,14,16-17,28H,5-12H2. The number of alkyl halides is 3. The summed E-state index contributed by atoms with van der Waals surface area (Å²) in [7, 11) is 0. The first-order valence-corrected chi connectivity index (χ1v) is 9.80. The Hall–Kier alpha value is -1.83. The second kappa shape index (κ2) is 6.90. The van der Waals surface area contributed by atoms with E-state index in [1.165, 1.54) is 17.0 Å². The van der Waals surface area contributed by atoms with Gasteiger partial charge in [-0.15, -0.1) is 0 Å². The van der Waals surface area contributed by atoms with Crippen LogP contribution in [0.5, 0.6) is 0 Å². The quantitative estimate of drug-likeness (QED) is 0.723. The van der Waals surface area contributed by atoms with Crippen molar-refractivity contribution in [2.24, 2.45) is 0 Å². The molecule has 4 nitrogen and oxygen atoms in total. The van der Waals surface area contributed by atoms with Gasteiger partial charge in [-0.2, -0.15) is 13.2 Å². The number of benzene rings is 1. The summed E-state index contributed by atoms with van der Waals surface area (Å²) in [4.78, 5) is 16.3. The van der Waals surface area contributed by atoms with Gasteiger partial charge in [-0.25, -0.2) is 9.18 Å². The maximum Gasteiger partial charge on any atom is 0.417 e. The molecule has 0 radical (unpaired) electrons. The van der Waals surface area contributed by atoms with Gasteiger partial charge in [0.25, 0.3) is 0 Å². The third-order valence-corrected chi connectivity index (χ3v) is 6.68. The molecule has 154 valence electrons. The van der Waals surface area contributed by atoms with Gasteiger partial charge in [0.1, 0.15) is 5.82 Å². The molecule has 2 amide bonds. The van der Waals surface area contributed by atoms with Crippen LogP contribution in [0, 0.1) is 5.82 Å². The van der Waals surface area contributed by atoms with Crippen molar-refractivity contribution in [1.29, 1.82) is 0 Å². The van der Waals surface area contributed by atoms with E-state index in [-0.39, 0.29) is 42.9 Å². The van der Waals surface area contributed by atoms with Gasteiger partial charge < -0.3 is 14.9 Å². The largest absolute Gasteiger partial charge is 0.417 e. The number of carbonyl (C=O) groups is 1. The average Bonchev–Trinajstić information content (AvgIpc) is 2.91. The fourth-order valence-corrected chi connectivity index (χ4v) is 5.01. The van der Waals surface area contributed by atoms with E-state index in [0.29, 0.717) is 0 Å². The van der Waals surface area contributed by atoms with E-state index in [2.05, 4.69) is 0 Å². The summed E-state index contributed by atoms with van der Waals surface area (Å²) in [5, 5.41) is 9.81. The van der Waals surface area contributed by atoms with Gasteiger partial charge in [0.2, 0.25) is 0 Å². The number of piperidine rings is 2. The number of hydrogen-bond acceptors (Lipinski definition) is 2. The summed E-state index contributed by atoms with van der Waals surface area (Å²) in [6.45, 7) is -0.182. The minimum Gasteiger partial charge on any atom is -0.380 e. The number of fused-ring (bicyclic) bond motifs is 2. The molecule has 28 heavy (non-hydrogen) atoms. The molecule has 3 aliphatic heterocycles. The molecule has 2 unspecified atom stereocenters. The SMILES string of the molecule is O=C(N1CCC(O)(C(F)(F)F)CC1)N1C2CCC1CC(c1ccc(F)cc1)C2. The zero-order valence-electron chi connectivity index (χ0n) is 15.5. The number of hydrogen-bond donors (Lipinski definition) is 1. The minimum absolute atomic E-state index is 0.0599. The topological polar surface area (TPSA) is 43.8 Å². The second-order valence-electron chi connectivity index (χ2n) is 8.31. The highest BCUT2D eigenvalue weighted by molar-refractivity contribution is 5.76. The van der Waals surface area contributed by atoms with Crippen LogP contribution in [0.15, 0.2) is 24.3 Å². The average molecular weight is 400 g/mol. The van der Waals surface area contributed by atoms with Crippen LogP contribution in [0.2, 0.25) is 0 Å². The monoisotopic (exact) mass is 400 g/mol. The molecular formula is C20H24F4N2O2. The lowest BCUT2D eigenvalue weighted by atomic mass is 9.85. The van der Waals surface area contributed by atoms with Crippen LogP contribution < -0.4 is 0 Å². The Morgan fingerprint density at radius 3 is 2.07 bits per heavy atom. The maximum atomic E-state index is 13.2. The van der Waals surface area contributed by atoms with Gasteiger partial charge in [0.05, 0.1) is 0 Å². The molecule has 3 aliphatic rings. The van der Waals surface area contributed by atoms with E-state index in [1.54, 1.807) is 12.1 Å². The Morgan fingerprint density at radius 1 is 1.04 bits per heavy atom. The van der Waals surface area contributed by atoms with Crippen LogP contribution in [0.3, 0.4) is 0 Å². The Kier molecular flexibility index (Phi) is 4.80. The number of likely N-dealkylation sites (tertiary alicyclic amines) is 1. The van der Waals surface area contributed by atoms with Crippen molar-refractivity contribution >= 4 is 6.03 Å². The smallest absolute Gasteiger partial charge is 0.380 e. The molecule has 8 heteroatoms. The number of carbonyl (C=O) groups excluding carboxylic acids is 1. The van der Waals surface area contributed by atoms with E-state index >= 15 is 0 Å². The van der Waals surface area contributed by atoms with Crippen molar-refractivity contribution in [1.82, 2.24) is 9.80 Å². The summed E-state index contributed by atoms with van der Waals surface area (Å²) < 4.78 is 52.1. The molecule has 2 atom stereocenters. The first kappa shape index (κ1) is 19.5.